The fraction of sp³-hybridized carbons (Fsp3) is 0.833. The number of aromatic nitrogens is 3. The van der Waals surface area contributed by atoms with E-state index in [1.54, 1.807) is 0 Å². The molecule has 1 fully saturated rings. The SMILES string of the molecule is CCCNCc1nc(C2CCCCC2)n[nH]1. The van der Waals surface area contributed by atoms with Gasteiger partial charge in [0.05, 0.1) is 6.54 Å². The van der Waals surface area contributed by atoms with E-state index in [1.165, 1.54) is 32.1 Å². The first-order valence-corrected chi connectivity index (χ1v) is 6.52. The highest BCUT2D eigenvalue weighted by molar-refractivity contribution is 4.98. The van der Waals surface area contributed by atoms with Crippen LogP contribution in [0.15, 0.2) is 0 Å². The van der Waals surface area contributed by atoms with Gasteiger partial charge in [-0.15, -0.1) is 0 Å². The first-order valence-electron chi connectivity index (χ1n) is 6.52. The lowest BCUT2D eigenvalue weighted by Gasteiger charge is -2.17. The number of hydrogen-bond acceptors (Lipinski definition) is 3. The van der Waals surface area contributed by atoms with E-state index in [0.717, 1.165) is 31.2 Å². The molecule has 0 saturated heterocycles. The van der Waals surface area contributed by atoms with E-state index >= 15 is 0 Å². The Kier molecular flexibility index (Phi) is 4.34. The van der Waals surface area contributed by atoms with Gasteiger partial charge in [0.25, 0.3) is 0 Å². The highest BCUT2D eigenvalue weighted by atomic mass is 15.2. The first-order chi connectivity index (χ1) is 7.90. The smallest absolute Gasteiger partial charge is 0.153 e. The minimum absolute atomic E-state index is 0.602. The molecular formula is C12H22N4. The summed E-state index contributed by atoms with van der Waals surface area (Å²) < 4.78 is 0. The molecule has 2 N–H and O–H groups in total. The number of H-pyrrole nitrogens is 1. The molecule has 0 atom stereocenters. The predicted molar refractivity (Wildman–Crippen MR) is 64.2 cm³/mol. The largest absolute Gasteiger partial charge is 0.310 e. The fourth-order valence-electron chi connectivity index (χ4n) is 2.32. The van der Waals surface area contributed by atoms with Crippen LogP contribution in [0.1, 0.15) is 63.0 Å². The van der Waals surface area contributed by atoms with Crippen molar-refractivity contribution in [1.29, 1.82) is 0 Å². The van der Waals surface area contributed by atoms with Crippen LogP contribution in [0, 0.1) is 0 Å². The van der Waals surface area contributed by atoms with Gasteiger partial charge in [-0.2, -0.15) is 5.10 Å². The maximum atomic E-state index is 4.58. The van der Waals surface area contributed by atoms with E-state index in [9.17, 15) is 0 Å². The van der Waals surface area contributed by atoms with Crippen molar-refractivity contribution in [1.82, 2.24) is 20.5 Å². The maximum absolute atomic E-state index is 4.58. The van der Waals surface area contributed by atoms with E-state index in [0.29, 0.717) is 5.92 Å². The van der Waals surface area contributed by atoms with Crippen LogP contribution >= 0.6 is 0 Å². The maximum Gasteiger partial charge on any atom is 0.153 e. The monoisotopic (exact) mass is 222 g/mol. The number of nitrogens with one attached hydrogen (secondary N) is 2. The Labute approximate surface area is 97.2 Å². The Balaban J connectivity index is 1.85. The van der Waals surface area contributed by atoms with E-state index in [1.807, 2.05) is 0 Å². The van der Waals surface area contributed by atoms with Gasteiger partial charge in [0.2, 0.25) is 0 Å². The molecule has 1 aromatic rings. The molecule has 0 spiro atoms. The highest BCUT2D eigenvalue weighted by Gasteiger charge is 2.19. The first kappa shape index (κ1) is 11.6. The molecule has 1 saturated carbocycles. The molecule has 1 heterocycles. The Bertz CT molecular complexity index is 302. The van der Waals surface area contributed by atoms with E-state index in [4.69, 9.17) is 0 Å². The van der Waals surface area contributed by atoms with Gasteiger partial charge in [0.1, 0.15) is 5.82 Å². The van der Waals surface area contributed by atoms with Crippen LogP contribution in [0.3, 0.4) is 0 Å². The van der Waals surface area contributed by atoms with Crippen molar-refractivity contribution in [3.05, 3.63) is 11.6 Å². The Hall–Kier alpha value is -0.900. The standard InChI is InChI=1S/C12H22N4/c1-2-8-13-9-11-14-12(16-15-11)10-6-4-3-5-7-10/h10,13H,2-9H2,1H3,(H,14,15,16). The summed E-state index contributed by atoms with van der Waals surface area (Å²) in [6.07, 6.45) is 7.74. The summed E-state index contributed by atoms with van der Waals surface area (Å²) in [5.74, 6) is 2.62. The number of aromatic amines is 1. The summed E-state index contributed by atoms with van der Waals surface area (Å²) in [6.45, 7) is 4.02. The van der Waals surface area contributed by atoms with Gasteiger partial charge in [-0.05, 0) is 25.8 Å². The minimum Gasteiger partial charge on any atom is -0.310 e. The molecule has 4 heteroatoms. The van der Waals surface area contributed by atoms with Crippen molar-refractivity contribution in [2.45, 2.75) is 57.9 Å². The van der Waals surface area contributed by atoms with Crippen molar-refractivity contribution in [2.75, 3.05) is 6.54 Å². The van der Waals surface area contributed by atoms with Gasteiger partial charge in [-0.3, -0.25) is 5.10 Å². The summed E-state index contributed by atoms with van der Waals surface area (Å²) >= 11 is 0. The quantitative estimate of drug-likeness (QED) is 0.752. The minimum atomic E-state index is 0.602. The van der Waals surface area contributed by atoms with E-state index in [2.05, 4.69) is 27.4 Å². The molecule has 0 amide bonds. The third-order valence-electron chi connectivity index (χ3n) is 3.24. The average Bonchev–Trinajstić information content (AvgIpc) is 2.79. The molecule has 16 heavy (non-hydrogen) atoms. The van der Waals surface area contributed by atoms with E-state index < -0.39 is 0 Å². The molecule has 2 rings (SSSR count). The molecule has 0 radical (unpaired) electrons. The molecule has 90 valence electrons. The highest BCUT2D eigenvalue weighted by Crippen LogP contribution is 2.30. The van der Waals surface area contributed by atoms with Crippen LogP contribution in [0.5, 0.6) is 0 Å². The molecule has 0 aromatic carbocycles. The third kappa shape index (κ3) is 3.04. The molecule has 0 aliphatic heterocycles. The topological polar surface area (TPSA) is 53.6 Å². The summed E-state index contributed by atoms with van der Waals surface area (Å²) in [7, 11) is 0. The number of rotatable bonds is 5. The molecule has 1 aromatic heterocycles. The van der Waals surface area contributed by atoms with Crippen molar-refractivity contribution in [3.8, 4) is 0 Å². The van der Waals surface area contributed by atoms with Gasteiger partial charge in [0, 0.05) is 5.92 Å². The second kappa shape index (κ2) is 5.99. The van der Waals surface area contributed by atoms with Crippen LogP contribution in [0.25, 0.3) is 0 Å². The van der Waals surface area contributed by atoms with Crippen molar-refractivity contribution in [3.63, 3.8) is 0 Å². The molecule has 1 aliphatic rings. The second-order valence-electron chi connectivity index (χ2n) is 4.65. The number of nitrogens with zero attached hydrogens (tertiary/aromatic N) is 2. The Morgan fingerprint density at radius 2 is 2.12 bits per heavy atom. The van der Waals surface area contributed by atoms with Crippen LogP contribution in [-0.4, -0.2) is 21.7 Å². The van der Waals surface area contributed by atoms with Gasteiger partial charge < -0.3 is 5.32 Å². The molecule has 4 nitrogen and oxygen atoms in total. The van der Waals surface area contributed by atoms with Crippen molar-refractivity contribution < 1.29 is 0 Å². The Morgan fingerprint density at radius 1 is 1.31 bits per heavy atom. The normalized spacial score (nSPS) is 17.8. The lowest BCUT2D eigenvalue weighted by Crippen LogP contribution is -2.15. The summed E-state index contributed by atoms with van der Waals surface area (Å²) in [5, 5.41) is 10.7. The molecular weight excluding hydrogens is 200 g/mol. The molecule has 1 aliphatic carbocycles. The molecule has 0 bridgehead atoms. The number of hydrogen-bond donors (Lipinski definition) is 2. The lowest BCUT2D eigenvalue weighted by molar-refractivity contribution is 0.429. The zero-order valence-electron chi connectivity index (χ0n) is 10.1. The average molecular weight is 222 g/mol. The summed E-state index contributed by atoms with van der Waals surface area (Å²) in [6, 6.07) is 0. The van der Waals surface area contributed by atoms with Crippen LogP contribution in [0.2, 0.25) is 0 Å². The van der Waals surface area contributed by atoms with Gasteiger partial charge >= 0.3 is 0 Å². The Morgan fingerprint density at radius 3 is 2.88 bits per heavy atom. The van der Waals surface area contributed by atoms with Crippen LogP contribution in [-0.2, 0) is 6.54 Å². The third-order valence-corrected chi connectivity index (χ3v) is 3.24. The van der Waals surface area contributed by atoms with Crippen molar-refractivity contribution >= 4 is 0 Å². The van der Waals surface area contributed by atoms with E-state index in [-0.39, 0.29) is 0 Å². The lowest BCUT2D eigenvalue weighted by atomic mass is 9.89. The van der Waals surface area contributed by atoms with Crippen molar-refractivity contribution in [2.24, 2.45) is 0 Å². The molecule has 0 unspecified atom stereocenters. The van der Waals surface area contributed by atoms with Gasteiger partial charge in [-0.25, -0.2) is 4.98 Å². The zero-order chi connectivity index (χ0) is 11.2. The van der Waals surface area contributed by atoms with Gasteiger partial charge in [0.15, 0.2) is 5.82 Å². The van der Waals surface area contributed by atoms with Crippen LogP contribution in [0.4, 0.5) is 0 Å². The summed E-state index contributed by atoms with van der Waals surface area (Å²) in [4.78, 5) is 4.58. The summed E-state index contributed by atoms with van der Waals surface area (Å²) in [5.41, 5.74) is 0. The second-order valence-corrected chi connectivity index (χ2v) is 4.65. The van der Waals surface area contributed by atoms with Gasteiger partial charge in [-0.1, -0.05) is 26.2 Å². The predicted octanol–water partition coefficient (Wildman–Crippen LogP) is 2.35. The zero-order valence-corrected chi connectivity index (χ0v) is 10.1. The fourth-order valence-corrected chi connectivity index (χ4v) is 2.32. The van der Waals surface area contributed by atoms with Crippen LogP contribution < -0.4 is 5.32 Å².